The molecule has 11 aromatic carbocycles. The molecule has 1 heteroatoms. The van der Waals surface area contributed by atoms with Gasteiger partial charge in [0.15, 0.2) is 0 Å². The Morgan fingerprint density at radius 3 is 1.90 bits per heavy atom. The summed E-state index contributed by atoms with van der Waals surface area (Å²) in [6.07, 6.45) is 6.46. The first-order chi connectivity index (χ1) is 34.1. The summed E-state index contributed by atoms with van der Waals surface area (Å²) in [6.45, 7) is 2.40. The Bertz CT molecular complexity index is 3720. The number of nitrogens with zero attached hydrogens (tertiary/aromatic N) is 1. The van der Waals surface area contributed by atoms with E-state index in [-0.39, 0.29) is 5.41 Å². The SMILES string of the molecule is CC1(c2ccccc2)c2ccccc2-c2c(-c3ccc(N(c4cccc(-c5cccc6c5ccc5ccccc56)c4)c4ccccc4-c4cccc5cccc(C6CCCCC6)c45)cc3)cccc21. The lowest BCUT2D eigenvalue weighted by molar-refractivity contribution is 0.445. The minimum Gasteiger partial charge on any atom is -0.310 e. The zero-order chi connectivity index (χ0) is 45.9. The minimum atomic E-state index is -0.260. The summed E-state index contributed by atoms with van der Waals surface area (Å²) in [7, 11) is 0. The number of para-hydroxylation sites is 1. The zero-order valence-corrected chi connectivity index (χ0v) is 39.1. The molecule has 330 valence electrons. The van der Waals surface area contributed by atoms with Crippen molar-refractivity contribution >= 4 is 49.4 Å². The van der Waals surface area contributed by atoms with E-state index in [4.69, 9.17) is 0 Å². The normalized spacial score (nSPS) is 15.6. The van der Waals surface area contributed by atoms with E-state index in [9.17, 15) is 0 Å². The lowest BCUT2D eigenvalue weighted by Crippen LogP contribution is -2.22. The van der Waals surface area contributed by atoms with E-state index in [1.54, 1.807) is 0 Å². The van der Waals surface area contributed by atoms with Crippen molar-refractivity contribution < 1.29 is 0 Å². The molecule has 69 heavy (non-hydrogen) atoms. The Labute approximate surface area is 406 Å². The maximum Gasteiger partial charge on any atom is 0.0540 e. The largest absolute Gasteiger partial charge is 0.310 e. The molecule has 0 heterocycles. The molecule has 2 aliphatic carbocycles. The minimum absolute atomic E-state index is 0.260. The monoisotopic (exact) mass is 883 g/mol. The van der Waals surface area contributed by atoms with Gasteiger partial charge in [0.1, 0.15) is 0 Å². The summed E-state index contributed by atoms with van der Waals surface area (Å²) in [6, 6.07) is 88.6. The maximum atomic E-state index is 2.50. The van der Waals surface area contributed by atoms with Crippen LogP contribution >= 0.6 is 0 Å². The van der Waals surface area contributed by atoms with Crippen molar-refractivity contribution in [3.8, 4) is 44.5 Å². The van der Waals surface area contributed by atoms with Crippen molar-refractivity contribution in [2.45, 2.75) is 50.4 Å². The van der Waals surface area contributed by atoms with E-state index < -0.39 is 0 Å². The molecule has 0 bridgehead atoms. The van der Waals surface area contributed by atoms with Gasteiger partial charge in [0.05, 0.1) is 5.69 Å². The fraction of sp³-hybridized carbons (Fsp3) is 0.118. The van der Waals surface area contributed by atoms with E-state index in [2.05, 4.69) is 248 Å². The van der Waals surface area contributed by atoms with Crippen molar-refractivity contribution in [2.24, 2.45) is 0 Å². The van der Waals surface area contributed by atoms with Crippen LogP contribution in [0.3, 0.4) is 0 Å². The molecule has 1 nitrogen and oxygen atoms in total. The summed E-state index contributed by atoms with van der Waals surface area (Å²) in [5.41, 5.74) is 18.7. The molecular weight excluding hydrogens is 831 g/mol. The van der Waals surface area contributed by atoms with Gasteiger partial charge < -0.3 is 4.90 Å². The van der Waals surface area contributed by atoms with Crippen molar-refractivity contribution in [1.82, 2.24) is 0 Å². The lowest BCUT2D eigenvalue weighted by Gasteiger charge is -2.30. The van der Waals surface area contributed by atoms with Gasteiger partial charge in [-0.3, -0.25) is 0 Å². The smallest absolute Gasteiger partial charge is 0.0540 e. The average Bonchev–Trinajstić information content (AvgIpc) is 3.70. The molecule has 11 aromatic rings. The molecule has 0 spiro atoms. The second-order valence-electron chi connectivity index (χ2n) is 19.5. The zero-order valence-electron chi connectivity index (χ0n) is 39.1. The highest BCUT2D eigenvalue weighted by Gasteiger charge is 2.41. The maximum absolute atomic E-state index is 2.50. The predicted octanol–water partition coefficient (Wildman–Crippen LogP) is 19.0. The first kappa shape index (κ1) is 41.2. The summed E-state index contributed by atoms with van der Waals surface area (Å²) in [4.78, 5) is 2.50. The van der Waals surface area contributed by atoms with Gasteiger partial charge in [-0.1, -0.05) is 226 Å². The second-order valence-corrected chi connectivity index (χ2v) is 19.5. The van der Waals surface area contributed by atoms with Crippen molar-refractivity contribution in [3.05, 3.63) is 259 Å². The van der Waals surface area contributed by atoms with E-state index in [0.717, 1.165) is 17.1 Å². The molecule has 0 saturated heterocycles. The molecule has 1 fully saturated rings. The van der Waals surface area contributed by atoms with Crippen LogP contribution in [0.4, 0.5) is 17.1 Å². The highest BCUT2D eigenvalue weighted by atomic mass is 15.1. The van der Waals surface area contributed by atoms with E-state index >= 15 is 0 Å². The topological polar surface area (TPSA) is 3.24 Å². The molecule has 0 amide bonds. The van der Waals surface area contributed by atoms with Crippen molar-refractivity contribution in [2.75, 3.05) is 4.90 Å². The van der Waals surface area contributed by atoms with Crippen LogP contribution in [0.2, 0.25) is 0 Å². The van der Waals surface area contributed by atoms with Gasteiger partial charge >= 0.3 is 0 Å². The molecule has 1 unspecified atom stereocenters. The number of hydrogen-bond acceptors (Lipinski definition) is 1. The Hall–Kier alpha value is -8.00. The summed E-state index contributed by atoms with van der Waals surface area (Å²) in [5.74, 6) is 0.575. The van der Waals surface area contributed by atoms with Gasteiger partial charge in [0.25, 0.3) is 0 Å². The van der Waals surface area contributed by atoms with Crippen LogP contribution in [0.15, 0.2) is 237 Å². The fourth-order valence-corrected chi connectivity index (χ4v) is 12.4. The molecule has 13 rings (SSSR count). The first-order valence-electron chi connectivity index (χ1n) is 24.9. The molecule has 0 N–H and O–H groups in total. The lowest BCUT2D eigenvalue weighted by atomic mass is 9.74. The van der Waals surface area contributed by atoms with Gasteiger partial charge in [-0.05, 0) is 150 Å². The molecule has 0 aromatic heterocycles. The Morgan fingerprint density at radius 1 is 0.391 bits per heavy atom. The molecule has 1 saturated carbocycles. The van der Waals surface area contributed by atoms with E-state index in [0.29, 0.717) is 5.92 Å². The van der Waals surface area contributed by atoms with Gasteiger partial charge in [-0.2, -0.15) is 0 Å². The number of rotatable bonds is 8. The van der Waals surface area contributed by atoms with Crippen LogP contribution in [0.5, 0.6) is 0 Å². The molecule has 2 aliphatic rings. The van der Waals surface area contributed by atoms with E-state index in [1.165, 1.54) is 131 Å². The van der Waals surface area contributed by atoms with Crippen LogP contribution in [0, 0.1) is 0 Å². The Morgan fingerprint density at radius 2 is 1.03 bits per heavy atom. The van der Waals surface area contributed by atoms with Crippen LogP contribution in [-0.4, -0.2) is 0 Å². The van der Waals surface area contributed by atoms with E-state index in [1.807, 2.05) is 0 Å². The van der Waals surface area contributed by atoms with Crippen LogP contribution in [0.25, 0.3) is 76.8 Å². The molecular formula is C68H53N. The Balaban J connectivity index is 0.991. The van der Waals surface area contributed by atoms with Crippen molar-refractivity contribution in [3.63, 3.8) is 0 Å². The standard InChI is InChI=1S/C68H53N/c1-68(51-25-6-3-7-26-51)63-36-12-10-30-62(63)67-57(33-18-37-64(67)68)48-39-42-52(43-40-48)69(53-27-14-24-50(45-53)55-31-17-34-58-54-28-9-8-21-47(54)41-44-59(55)58)65-38-13-11-29-60(65)61-35-16-23-49-22-15-32-56(66(49)61)46-19-4-2-5-20-46/h3,6-18,21-46H,2,4-5,19-20H2,1H3. The van der Waals surface area contributed by atoms with Gasteiger partial charge in [0, 0.05) is 22.4 Å². The van der Waals surface area contributed by atoms with Gasteiger partial charge in [-0.25, -0.2) is 0 Å². The van der Waals surface area contributed by atoms with Crippen LogP contribution < -0.4 is 4.90 Å². The average molecular weight is 884 g/mol. The number of fused-ring (bicyclic) bond motifs is 7. The number of anilines is 3. The van der Waals surface area contributed by atoms with Gasteiger partial charge in [0.2, 0.25) is 0 Å². The number of benzene rings is 11. The predicted molar refractivity (Wildman–Crippen MR) is 293 cm³/mol. The summed E-state index contributed by atoms with van der Waals surface area (Å²) < 4.78 is 0. The first-order valence-corrected chi connectivity index (χ1v) is 24.9. The van der Waals surface area contributed by atoms with Crippen molar-refractivity contribution in [1.29, 1.82) is 0 Å². The van der Waals surface area contributed by atoms with Gasteiger partial charge in [-0.15, -0.1) is 0 Å². The van der Waals surface area contributed by atoms with Crippen LogP contribution in [0.1, 0.15) is 67.2 Å². The highest BCUT2D eigenvalue weighted by molar-refractivity contribution is 6.12. The summed E-state index contributed by atoms with van der Waals surface area (Å²) >= 11 is 0. The third-order valence-electron chi connectivity index (χ3n) is 15.7. The molecule has 0 radical (unpaired) electrons. The second kappa shape index (κ2) is 17.0. The quantitative estimate of drug-likeness (QED) is 0.137. The fourth-order valence-electron chi connectivity index (χ4n) is 12.4. The Kier molecular flexibility index (Phi) is 10.1. The summed E-state index contributed by atoms with van der Waals surface area (Å²) in [5, 5.41) is 7.79. The number of hydrogen-bond donors (Lipinski definition) is 0. The third-order valence-corrected chi connectivity index (χ3v) is 15.7. The van der Waals surface area contributed by atoms with Crippen LogP contribution in [-0.2, 0) is 5.41 Å². The third kappa shape index (κ3) is 6.82. The highest BCUT2D eigenvalue weighted by Crippen LogP contribution is 2.55. The molecule has 1 atom stereocenters. The molecule has 0 aliphatic heterocycles.